The molecule has 0 aliphatic heterocycles. The van der Waals surface area contributed by atoms with Crippen molar-refractivity contribution in [1.82, 2.24) is 24.7 Å². The summed E-state index contributed by atoms with van der Waals surface area (Å²) >= 11 is 6.04. The fourth-order valence-electron chi connectivity index (χ4n) is 1.53. The highest BCUT2D eigenvalue weighted by molar-refractivity contribution is 6.28. The molecule has 0 saturated carbocycles. The first-order chi connectivity index (χ1) is 8.84. The van der Waals surface area contributed by atoms with Crippen LogP contribution in [0.1, 0.15) is 0 Å². The molecule has 0 fully saturated rings. The fourth-order valence-corrected chi connectivity index (χ4v) is 1.72. The quantitative estimate of drug-likeness (QED) is 0.707. The molecule has 0 bridgehead atoms. The molecule has 3 rings (SSSR count). The van der Waals surface area contributed by atoms with Crippen LogP contribution in [0.4, 0.5) is 0 Å². The summed E-state index contributed by atoms with van der Waals surface area (Å²) in [5.41, 5.74) is 0.897. The van der Waals surface area contributed by atoms with Crippen LogP contribution in [0.5, 0.6) is 0 Å². The van der Waals surface area contributed by atoms with E-state index in [9.17, 15) is 0 Å². The molecule has 0 aliphatic rings. The van der Waals surface area contributed by atoms with E-state index < -0.39 is 0 Å². The van der Waals surface area contributed by atoms with E-state index in [-0.39, 0.29) is 5.28 Å². The standard InChI is InChI=1S/C12H8ClN5/c13-11-16-10(9-5-2-1-3-6-9)17-18(11)12-14-7-4-8-15-12/h1-8H. The third-order valence-electron chi connectivity index (χ3n) is 2.34. The fraction of sp³-hybridized carbons (Fsp3) is 0. The van der Waals surface area contributed by atoms with Crippen LogP contribution in [0.3, 0.4) is 0 Å². The van der Waals surface area contributed by atoms with Gasteiger partial charge in [-0.25, -0.2) is 9.97 Å². The minimum absolute atomic E-state index is 0.236. The molecule has 0 N–H and O–H groups in total. The lowest BCUT2D eigenvalue weighted by atomic mass is 10.2. The molecule has 18 heavy (non-hydrogen) atoms. The molecule has 3 aromatic rings. The maximum absolute atomic E-state index is 6.04. The van der Waals surface area contributed by atoms with Gasteiger partial charge in [0.15, 0.2) is 5.82 Å². The summed E-state index contributed by atoms with van der Waals surface area (Å²) in [7, 11) is 0. The van der Waals surface area contributed by atoms with Gasteiger partial charge in [0.2, 0.25) is 5.28 Å². The number of halogens is 1. The van der Waals surface area contributed by atoms with Gasteiger partial charge in [-0.15, -0.1) is 5.10 Å². The summed E-state index contributed by atoms with van der Waals surface area (Å²) in [6.07, 6.45) is 3.26. The van der Waals surface area contributed by atoms with Crippen molar-refractivity contribution in [2.45, 2.75) is 0 Å². The molecular weight excluding hydrogens is 250 g/mol. The van der Waals surface area contributed by atoms with E-state index in [4.69, 9.17) is 11.6 Å². The lowest BCUT2D eigenvalue weighted by Gasteiger charge is -1.97. The summed E-state index contributed by atoms with van der Waals surface area (Å²) in [5.74, 6) is 0.949. The number of hydrogen-bond acceptors (Lipinski definition) is 4. The predicted molar refractivity (Wildman–Crippen MR) is 67.4 cm³/mol. The van der Waals surface area contributed by atoms with Crippen LogP contribution in [0.25, 0.3) is 17.3 Å². The molecule has 1 aromatic carbocycles. The maximum Gasteiger partial charge on any atom is 0.253 e. The number of rotatable bonds is 2. The monoisotopic (exact) mass is 257 g/mol. The van der Waals surface area contributed by atoms with Gasteiger partial charge in [0.25, 0.3) is 5.95 Å². The zero-order valence-corrected chi connectivity index (χ0v) is 9.99. The predicted octanol–water partition coefficient (Wildman–Crippen LogP) is 2.38. The minimum atomic E-state index is 0.236. The van der Waals surface area contributed by atoms with Crippen molar-refractivity contribution in [2.24, 2.45) is 0 Å². The van der Waals surface area contributed by atoms with E-state index in [0.29, 0.717) is 11.8 Å². The Morgan fingerprint density at radius 2 is 1.67 bits per heavy atom. The molecule has 88 valence electrons. The summed E-state index contributed by atoms with van der Waals surface area (Å²) in [4.78, 5) is 12.4. The summed E-state index contributed by atoms with van der Waals surface area (Å²) in [5, 5.41) is 4.54. The van der Waals surface area contributed by atoms with Gasteiger partial charge in [-0.2, -0.15) is 9.67 Å². The van der Waals surface area contributed by atoms with Gasteiger partial charge in [0.1, 0.15) is 0 Å². The van der Waals surface area contributed by atoms with Gasteiger partial charge in [0.05, 0.1) is 0 Å². The first-order valence-electron chi connectivity index (χ1n) is 5.30. The van der Waals surface area contributed by atoms with Gasteiger partial charge < -0.3 is 0 Å². The topological polar surface area (TPSA) is 56.5 Å². The molecule has 2 heterocycles. The Labute approximate surface area is 108 Å². The van der Waals surface area contributed by atoms with E-state index in [1.807, 2.05) is 30.3 Å². The highest BCUT2D eigenvalue weighted by Gasteiger charge is 2.12. The van der Waals surface area contributed by atoms with Crippen molar-refractivity contribution in [1.29, 1.82) is 0 Å². The molecule has 0 spiro atoms. The zero-order chi connectivity index (χ0) is 12.4. The second-order valence-corrected chi connectivity index (χ2v) is 3.87. The Balaban J connectivity index is 2.07. The molecule has 0 amide bonds. The molecule has 0 radical (unpaired) electrons. The zero-order valence-electron chi connectivity index (χ0n) is 9.23. The normalized spacial score (nSPS) is 10.5. The molecule has 0 atom stereocenters. The van der Waals surface area contributed by atoms with Gasteiger partial charge in [-0.05, 0) is 17.7 Å². The average molecular weight is 258 g/mol. The number of hydrogen-bond donors (Lipinski definition) is 0. The van der Waals surface area contributed by atoms with Gasteiger partial charge in [-0.3, -0.25) is 0 Å². The molecule has 0 unspecified atom stereocenters. The molecule has 2 aromatic heterocycles. The van der Waals surface area contributed by atoms with Crippen LogP contribution in [-0.2, 0) is 0 Å². The van der Waals surface area contributed by atoms with E-state index in [1.54, 1.807) is 18.5 Å². The Kier molecular flexibility index (Phi) is 2.74. The summed E-state index contributed by atoms with van der Waals surface area (Å²) < 4.78 is 1.41. The first-order valence-corrected chi connectivity index (χ1v) is 5.68. The van der Waals surface area contributed by atoms with E-state index in [1.165, 1.54) is 4.68 Å². The minimum Gasteiger partial charge on any atom is -0.220 e. The maximum atomic E-state index is 6.04. The van der Waals surface area contributed by atoms with Crippen molar-refractivity contribution in [3.63, 3.8) is 0 Å². The van der Waals surface area contributed by atoms with Crippen molar-refractivity contribution < 1.29 is 0 Å². The Bertz CT molecular complexity index is 651. The van der Waals surface area contributed by atoms with Crippen LogP contribution in [0, 0.1) is 0 Å². The van der Waals surface area contributed by atoms with Crippen LogP contribution >= 0.6 is 11.6 Å². The van der Waals surface area contributed by atoms with Crippen LogP contribution in [0.2, 0.25) is 5.28 Å². The molecule has 0 aliphatic carbocycles. The highest BCUT2D eigenvalue weighted by Crippen LogP contribution is 2.18. The van der Waals surface area contributed by atoms with Crippen molar-refractivity contribution in [3.8, 4) is 17.3 Å². The second kappa shape index (κ2) is 4.54. The van der Waals surface area contributed by atoms with Crippen LogP contribution in [-0.4, -0.2) is 24.7 Å². The van der Waals surface area contributed by atoms with Gasteiger partial charge in [0, 0.05) is 18.0 Å². The first kappa shape index (κ1) is 10.9. The Morgan fingerprint density at radius 3 is 2.39 bits per heavy atom. The van der Waals surface area contributed by atoms with E-state index in [2.05, 4.69) is 20.1 Å². The lowest BCUT2D eigenvalue weighted by molar-refractivity contribution is 0.809. The van der Waals surface area contributed by atoms with Gasteiger partial charge >= 0.3 is 0 Å². The Morgan fingerprint density at radius 1 is 0.944 bits per heavy atom. The third-order valence-corrected chi connectivity index (χ3v) is 2.59. The van der Waals surface area contributed by atoms with Gasteiger partial charge in [-0.1, -0.05) is 30.3 Å². The van der Waals surface area contributed by atoms with Crippen LogP contribution < -0.4 is 0 Å². The van der Waals surface area contributed by atoms with Crippen molar-refractivity contribution >= 4 is 11.6 Å². The van der Waals surface area contributed by atoms with Crippen molar-refractivity contribution in [3.05, 3.63) is 54.1 Å². The summed E-state index contributed by atoms with van der Waals surface area (Å²) in [6, 6.07) is 11.3. The Hall–Kier alpha value is -2.27. The van der Waals surface area contributed by atoms with Crippen LogP contribution in [0.15, 0.2) is 48.8 Å². The van der Waals surface area contributed by atoms with Crippen molar-refractivity contribution in [2.75, 3.05) is 0 Å². The largest absolute Gasteiger partial charge is 0.253 e. The molecule has 5 nitrogen and oxygen atoms in total. The highest BCUT2D eigenvalue weighted by atomic mass is 35.5. The van der Waals surface area contributed by atoms with E-state index >= 15 is 0 Å². The number of nitrogens with zero attached hydrogens (tertiary/aromatic N) is 5. The summed E-state index contributed by atoms with van der Waals surface area (Å²) in [6.45, 7) is 0. The molecular formula is C12H8ClN5. The molecule has 6 heteroatoms. The molecule has 0 saturated heterocycles. The number of aromatic nitrogens is 5. The number of benzene rings is 1. The lowest BCUT2D eigenvalue weighted by Crippen LogP contribution is -2.02. The smallest absolute Gasteiger partial charge is 0.220 e. The average Bonchev–Trinajstić information content (AvgIpc) is 2.83. The van der Waals surface area contributed by atoms with E-state index in [0.717, 1.165) is 5.56 Å². The SMILES string of the molecule is Clc1nc(-c2ccccc2)nn1-c1ncccn1. The second-order valence-electron chi connectivity index (χ2n) is 3.53. The third kappa shape index (κ3) is 1.96.